The molecule has 0 radical (unpaired) electrons. The highest BCUT2D eigenvalue weighted by atomic mass is 32.1. The van der Waals surface area contributed by atoms with Crippen molar-refractivity contribution < 1.29 is 19.0 Å². The highest BCUT2D eigenvalue weighted by molar-refractivity contribution is 7.13. The van der Waals surface area contributed by atoms with Crippen LogP contribution in [0.3, 0.4) is 0 Å². The van der Waals surface area contributed by atoms with E-state index in [0.717, 1.165) is 0 Å². The van der Waals surface area contributed by atoms with Gasteiger partial charge in [-0.1, -0.05) is 6.07 Å². The Balaban J connectivity index is 2.21. The van der Waals surface area contributed by atoms with Gasteiger partial charge in [0.1, 0.15) is 0 Å². The Bertz CT molecular complexity index is 614. The van der Waals surface area contributed by atoms with E-state index in [1.807, 2.05) is 0 Å². The minimum absolute atomic E-state index is 0.156. The molecule has 2 aromatic rings. The lowest BCUT2D eigenvalue weighted by molar-refractivity contribution is -0.115. The number of anilines is 1. The molecule has 0 unspecified atom stereocenters. The van der Waals surface area contributed by atoms with Gasteiger partial charge in [0, 0.05) is 17.1 Å². The number of methoxy groups -OCH3 is 3. The lowest BCUT2D eigenvalue weighted by Gasteiger charge is -2.15. The Hall–Kier alpha value is -2.28. The SMILES string of the molecule is COc1ccc(CC(=O)Nc2nccs2)c(OC)c1OC. The average molecular weight is 308 g/mol. The fourth-order valence-corrected chi connectivity index (χ4v) is 2.47. The van der Waals surface area contributed by atoms with E-state index < -0.39 is 0 Å². The van der Waals surface area contributed by atoms with Crippen LogP contribution < -0.4 is 19.5 Å². The summed E-state index contributed by atoms with van der Waals surface area (Å²) >= 11 is 1.37. The van der Waals surface area contributed by atoms with E-state index in [2.05, 4.69) is 10.3 Å². The summed E-state index contributed by atoms with van der Waals surface area (Å²) in [6, 6.07) is 3.52. The molecule has 0 aliphatic heterocycles. The highest BCUT2D eigenvalue weighted by Gasteiger charge is 2.18. The molecule has 0 saturated heterocycles. The van der Waals surface area contributed by atoms with Gasteiger partial charge in [-0.25, -0.2) is 4.98 Å². The number of benzene rings is 1. The molecule has 7 heteroatoms. The molecule has 0 atom stereocenters. The number of nitrogens with zero attached hydrogens (tertiary/aromatic N) is 1. The second kappa shape index (κ2) is 6.94. The summed E-state index contributed by atoms with van der Waals surface area (Å²) in [5.74, 6) is 1.35. The molecular formula is C14H16N2O4S. The second-order valence-electron chi connectivity index (χ2n) is 4.06. The first-order valence-electron chi connectivity index (χ1n) is 6.16. The standard InChI is InChI=1S/C14H16N2O4S/c1-18-10-5-4-9(12(19-2)13(10)20-3)8-11(17)16-14-15-6-7-21-14/h4-7H,8H2,1-3H3,(H,15,16,17). The lowest BCUT2D eigenvalue weighted by Crippen LogP contribution is -2.15. The van der Waals surface area contributed by atoms with E-state index >= 15 is 0 Å². The maximum atomic E-state index is 12.0. The van der Waals surface area contributed by atoms with Crippen molar-refractivity contribution in [3.63, 3.8) is 0 Å². The molecule has 0 fully saturated rings. The van der Waals surface area contributed by atoms with E-state index in [4.69, 9.17) is 14.2 Å². The van der Waals surface area contributed by atoms with Crippen LogP contribution in [-0.4, -0.2) is 32.2 Å². The van der Waals surface area contributed by atoms with Crippen LogP contribution >= 0.6 is 11.3 Å². The number of nitrogens with one attached hydrogen (secondary N) is 1. The van der Waals surface area contributed by atoms with Crippen LogP contribution in [0.25, 0.3) is 0 Å². The molecule has 1 amide bonds. The van der Waals surface area contributed by atoms with Gasteiger partial charge in [-0.05, 0) is 6.07 Å². The van der Waals surface area contributed by atoms with Gasteiger partial charge in [-0.2, -0.15) is 0 Å². The number of rotatable bonds is 6. The Morgan fingerprint density at radius 3 is 2.52 bits per heavy atom. The molecule has 0 aliphatic carbocycles. The first-order valence-corrected chi connectivity index (χ1v) is 7.04. The first-order chi connectivity index (χ1) is 10.2. The Kier molecular flexibility index (Phi) is 4.99. The van der Waals surface area contributed by atoms with Crippen molar-refractivity contribution in [1.82, 2.24) is 4.98 Å². The van der Waals surface area contributed by atoms with Crippen molar-refractivity contribution in [1.29, 1.82) is 0 Å². The molecule has 2 rings (SSSR count). The Morgan fingerprint density at radius 2 is 1.95 bits per heavy atom. The maximum Gasteiger partial charge on any atom is 0.230 e. The van der Waals surface area contributed by atoms with Crippen molar-refractivity contribution in [3.8, 4) is 17.2 Å². The topological polar surface area (TPSA) is 69.7 Å². The molecule has 21 heavy (non-hydrogen) atoms. The number of ether oxygens (including phenoxy) is 3. The van der Waals surface area contributed by atoms with Gasteiger partial charge in [-0.3, -0.25) is 4.79 Å². The van der Waals surface area contributed by atoms with Gasteiger partial charge in [0.25, 0.3) is 0 Å². The summed E-state index contributed by atoms with van der Waals surface area (Å²) < 4.78 is 15.9. The smallest absolute Gasteiger partial charge is 0.230 e. The van der Waals surface area contributed by atoms with Crippen LogP contribution in [0.15, 0.2) is 23.7 Å². The summed E-state index contributed by atoms with van der Waals surface area (Å²) in [7, 11) is 4.60. The Morgan fingerprint density at radius 1 is 1.19 bits per heavy atom. The first kappa shape index (κ1) is 15.1. The molecule has 0 bridgehead atoms. The van der Waals surface area contributed by atoms with Crippen LogP contribution in [0, 0.1) is 0 Å². The van der Waals surface area contributed by atoms with Gasteiger partial charge in [0.05, 0.1) is 27.8 Å². The van der Waals surface area contributed by atoms with Gasteiger partial charge < -0.3 is 19.5 Å². The van der Waals surface area contributed by atoms with Gasteiger partial charge in [0.2, 0.25) is 11.7 Å². The van der Waals surface area contributed by atoms with Crippen LogP contribution in [0.4, 0.5) is 5.13 Å². The predicted octanol–water partition coefficient (Wildman–Crippen LogP) is 2.35. The van der Waals surface area contributed by atoms with Crippen molar-refractivity contribution >= 4 is 22.4 Å². The molecule has 6 nitrogen and oxygen atoms in total. The number of hydrogen-bond acceptors (Lipinski definition) is 6. The van der Waals surface area contributed by atoms with E-state index in [9.17, 15) is 4.79 Å². The summed E-state index contributed by atoms with van der Waals surface area (Å²) in [6.45, 7) is 0. The van der Waals surface area contributed by atoms with Crippen molar-refractivity contribution in [2.45, 2.75) is 6.42 Å². The quantitative estimate of drug-likeness (QED) is 0.887. The van der Waals surface area contributed by atoms with E-state index in [1.54, 1.807) is 30.8 Å². The fourth-order valence-electron chi connectivity index (χ4n) is 1.92. The highest BCUT2D eigenvalue weighted by Crippen LogP contribution is 2.39. The minimum Gasteiger partial charge on any atom is -0.493 e. The Labute approximate surface area is 126 Å². The number of thiazole rings is 1. The molecule has 0 saturated carbocycles. The van der Waals surface area contributed by atoms with E-state index in [-0.39, 0.29) is 12.3 Å². The maximum absolute atomic E-state index is 12.0. The number of carbonyl (C=O) groups excluding carboxylic acids is 1. The zero-order chi connectivity index (χ0) is 15.2. The molecule has 1 aromatic carbocycles. The van der Waals surface area contributed by atoms with Gasteiger partial charge >= 0.3 is 0 Å². The van der Waals surface area contributed by atoms with Crippen molar-refractivity contribution in [2.24, 2.45) is 0 Å². The summed E-state index contributed by atoms with van der Waals surface area (Å²) in [4.78, 5) is 16.0. The summed E-state index contributed by atoms with van der Waals surface area (Å²) in [6.07, 6.45) is 1.79. The van der Waals surface area contributed by atoms with Crippen molar-refractivity contribution in [2.75, 3.05) is 26.6 Å². The molecule has 0 aliphatic rings. The lowest BCUT2D eigenvalue weighted by atomic mass is 10.1. The van der Waals surface area contributed by atoms with Crippen LogP contribution in [0.5, 0.6) is 17.2 Å². The molecule has 1 heterocycles. The normalized spacial score (nSPS) is 10.0. The molecular weight excluding hydrogens is 292 g/mol. The number of hydrogen-bond donors (Lipinski definition) is 1. The average Bonchev–Trinajstić information content (AvgIpc) is 2.99. The molecule has 0 spiro atoms. The largest absolute Gasteiger partial charge is 0.493 e. The fraction of sp³-hybridized carbons (Fsp3) is 0.286. The second-order valence-corrected chi connectivity index (χ2v) is 4.95. The molecule has 1 aromatic heterocycles. The number of amides is 1. The third kappa shape index (κ3) is 3.43. The van der Waals surface area contributed by atoms with Crippen LogP contribution in [0.2, 0.25) is 0 Å². The van der Waals surface area contributed by atoms with Crippen LogP contribution in [-0.2, 0) is 11.2 Å². The minimum atomic E-state index is -0.171. The third-order valence-corrected chi connectivity index (χ3v) is 3.50. The summed E-state index contributed by atoms with van der Waals surface area (Å²) in [5.41, 5.74) is 0.712. The van der Waals surface area contributed by atoms with E-state index in [0.29, 0.717) is 27.9 Å². The molecule has 112 valence electrons. The van der Waals surface area contributed by atoms with E-state index in [1.165, 1.54) is 25.6 Å². The van der Waals surface area contributed by atoms with Gasteiger partial charge in [0.15, 0.2) is 16.6 Å². The monoisotopic (exact) mass is 308 g/mol. The van der Waals surface area contributed by atoms with Crippen LogP contribution in [0.1, 0.15) is 5.56 Å². The predicted molar refractivity (Wildman–Crippen MR) is 80.5 cm³/mol. The zero-order valence-corrected chi connectivity index (χ0v) is 12.8. The number of carbonyl (C=O) groups is 1. The summed E-state index contributed by atoms with van der Waals surface area (Å²) in [5, 5.41) is 5.10. The van der Waals surface area contributed by atoms with Crippen molar-refractivity contribution in [3.05, 3.63) is 29.3 Å². The molecule has 1 N–H and O–H groups in total. The van der Waals surface area contributed by atoms with Gasteiger partial charge in [-0.15, -0.1) is 11.3 Å². The number of aromatic nitrogens is 1. The third-order valence-electron chi connectivity index (χ3n) is 2.82. The zero-order valence-electron chi connectivity index (χ0n) is 12.0.